The summed E-state index contributed by atoms with van der Waals surface area (Å²) < 4.78 is 0. The Morgan fingerprint density at radius 2 is 2.25 bits per heavy atom. The van der Waals surface area contributed by atoms with E-state index in [9.17, 15) is 9.59 Å². The van der Waals surface area contributed by atoms with Gasteiger partial charge in [-0.15, -0.1) is 0 Å². The number of carbonyl (C=O) groups is 2. The molecular formula is C14H21N3O3. The summed E-state index contributed by atoms with van der Waals surface area (Å²) in [6, 6.07) is 2.49. The Hall–Kier alpha value is -2.11. The van der Waals surface area contributed by atoms with Crippen molar-refractivity contribution in [3.05, 3.63) is 30.1 Å². The maximum atomic E-state index is 11.6. The summed E-state index contributed by atoms with van der Waals surface area (Å²) in [5.41, 5.74) is 1.02. The zero-order valence-corrected chi connectivity index (χ0v) is 11.6. The minimum absolute atomic E-state index is 0.442. The Kier molecular flexibility index (Phi) is 7.10. The fourth-order valence-corrected chi connectivity index (χ4v) is 1.74. The van der Waals surface area contributed by atoms with Gasteiger partial charge in [-0.3, -0.25) is 4.98 Å². The summed E-state index contributed by atoms with van der Waals surface area (Å²) in [7, 11) is 0. The number of carboxylic acid groups (broad SMARTS) is 1. The molecule has 0 saturated carbocycles. The first kappa shape index (κ1) is 15.9. The smallest absolute Gasteiger partial charge is 0.326 e. The van der Waals surface area contributed by atoms with Crippen molar-refractivity contribution in [2.75, 3.05) is 6.54 Å². The van der Waals surface area contributed by atoms with Crippen LogP contribution in [0.1, 0.15) is 31.7 Å². The van der Waals surface area contributed by atoms with Gasteiger partial charge in [0, 0.05) is 18.9 Å². The maximum absolute atomic E-state index is 11.6. The number of nitrogens with one attached hydrogen (secondary N) is 2. The van der Waals surface area contributed by atoms with E-state index in [2.05, 4.69) is 15.6 Å². The molecule has 2 amide bonds. The Morgan fingerprint density at radius 3 is 2.85 bits per heavy atom. The van der Waals surface area contributed by atoms with Gasteiger partial charge in [0.05, 0.1) is 0 Å². The molecule has 6 nitrogen and oxygen atoms in total. The molecule has 20 heavy (non-hydrogen) atoms. The fourth-order valence-electron chi connectivity index (χ4n) is 1.74. The monoisotopic (exact) mass is 279 g/mol. The number of hydrogen-bond acceptors (Lipinski definition) is 3. The molecule has 0 unspecified atom stereocenters. The molecule has 0 aliphatic rings. The topological polar surface area (TPSA) is 91.3 Å². The second-order valence-electron chi connectivity index (χ2n) is 4.54. The first-order valence-electron chi connectivity index (χ1n) is 6.79. The number of aliphatic carboxylic acids is 1. The van der Waals surface area contributed by atoms with Gasteiger partial charge in [-0.1, -0.05) is 25.8 Å². The average molecular weight is 279 g/mol. The van der Waals surface area contributed by atoms with Crippen LogP contribution in [0.5, 0.6) is 0 Å². The van der Waals surface area contributed by atoms with E-state index in [0.717, 1.165) is 18.4 Å². The summed E-state index contributed by atoms with van der Waals surface area (Å²) in [4.78, 5) is 26.6. The van der Waals surface area contributed by atoms with Crippen LogP contribution in [0.15, 0.2) is 24.5 Å². The zero-order valence-electron chi connectivity index (χ0n) is 11.6. The molecule has 3 N–H and O–H groups in total. The highest BCUT2D eigenvalue weighted by Crippen LogP contribution is 2.01. The Morgan fingerprint density at radius 1 is 1.45 bits per heavy atom. The maximum Gasteiger partial charge on any atom is 0.326 e. The minimum Gasteiger partial charge on any atom is -0.480 e. The number of pyridine rings is 1. The van der Waals surface area contributed by atoms with Gasteiger partial charge in [0.25, 0.3) is 0 Å². The first-order chi connectivity index (χ1) is 9.63. The molecule has 0 saturated heterocycles. The molecule has 1 atom stereocenters. The lowest BCUT2D eigenvalue weighted by molar-refractivity contribution is -0.139. The van der Waals surface area contributed by atoms with E-state index >= 15 is 0 Å². The molecule has 0 aliphatic carbocycles. The van der Waals surface area contributed by atoms with Crippen LogP contribution in [0.25, 0.3) is 0 Å². The molecule has 1 aromatic heterocycles. The standard InChI is InChI=1S/C14H21N3O3/c1-2-3-6-12(13(18)19)17-14(20)16-9-7-11-5-4-8-15-10-11/h4-5,8,10,12H,2-3,6-7,9H2,1H3,(H,18,19)(H2,16,17,20)/t12-/m0/s1. The molecule has 0 fully saturated rings. The van der Waals surface area contributed by atoms with Crippen LogP contribution in [0, 0.1) is 0 Å². The van der Waals surface area contributed by atoms with Gasteiger partial charge in [0.15, 0.2) is 0 Å². The number of nitrogens with zero attached hydrogens (tertiary/aromatic N) is 1. The lowest BCUT2D eigenvalue weighted by Crippen LogP contribution is -2.46. The van der Waals surface area contributed by atoms with Crippen molar-refractivity contribution >= 4 is 12.0 Å². The summed E-state index contributed by atoms with van der Waals surface area (Å²) >= 11 is 0. The summed E-state index contributed by atoms with van der Waals surface area (Å²) in [5, 5.41) is 14.1. The van der Waals surface area contributed by atoms with Crippen molar-refractivity contribution < 1.29 is 14.7 Å². The molecule has 1 rings (SSSR count). The highest BCUT2D eigenvalue weighted by Gasteiger charge is 2.18. The van der Waals surface area contributed by atoms with Crippen molar-refractivity contribution in [1.29, 1.82) is 0 Å². The lowest BCUT2D eigenvalue weighted by atomic mass is 10.1. The van der Waals surface area contributed by atoms with Crippen LogP contribution in [0.3, 0.4) is 0 Å². The minimum atomic E-state index is -0.999. The van der Waals surface area contributed by atoms with Gasteiger partial charge in [0.2, 0.25) is 0 Å². The van der Waals surface area contributed by atoms with Gasteiger partial charge in [-0.05, 0) is 24.5 Å². The van der Waals surface area contributed by atoms with E-state index in [1.807, 2.05) is 19.1 Å². The molecule has 110 valence electrons. The number of rotatable bonds is 8. The third kappa shape index (κ3) is 6.17. The van der Waals surface area contributed by atoms with Crippen molar-refractivity contribution in [3.63, 3.8) is 0 Å². The van der Waals surface area contributed by atoms with E-state index in [-0.39, 0.29) is 0 Å². The lowest BCUT2D eigenvalue weighted by Gasteiger charge is -2.14. The number of urea groups is 1. The normalized spacial score (nSPS) is 11.7. The SMILES string of the molecule is CCCC[C@H](NC(=O)NCCc1cccnc1)C(=O)O. The van der Waals surface area contributed by atoms with E-state index < -0.39 is 18.0 Å². The van der Waals surface area contributed by atoms with Gasteiger partial charge < -0.3 is 15.7 Å². The third-order valence-electron chi connectivity index (χ3n) is 2.87. The van der Waals surface area contributed by atoms with Crippen LogP contribution in [-0.4, -0.2) is 34.7 Å². The third-order valence-corrected chi connectivity index (χ3v) is 2.87. The summed E-state index contributed by atoms with van der Waals surface area (Å²) in [6.07, 6.45) is 6.20. The highest BCUT2D eigenvalue weighted by atomic mass is 16.4. The zero-order chi connectivity index (χ0) is 14.8. The van der Waals surface area contributed by atoms with E-state index in [1.165, 1.54) is 0 Å². The predicted octanol–water partition coefficient (Wildman–Crippen LogP) is 1.57. The van der Waals surface area contributed by atoms with Crippen LogP contribution in [0.2, 0.25) is 0 Å². The number of hydrogen-bond donors (Lipinski definition) is 3. The number of unbranched alkanes of at least 4 members (excludes halogenated alkanes) is 1. The van der Waals surface area contributed by atoms with E-state index in [0.29, 0.717) is 19.4 Å². The van der Waals surface area contributed by atoms with Crippen molar-refractivity contribution in [3.8, 4) is 0 Å². The Bertz CT molecular complexity index is 423. The van der Waals surface area contributed by atoms with Gasteiger partial charge in [0.1, 0.15) is 6.04 Å². The molecule has 0 aliphatic heterocycles. The van der Waals surface area contributed by atoms with Gasteiger partial charge >= 0.3 is 12.0 Å². The average Bonchev–Trinajstić information content (AvgIpc) is 2.44. The van der Waals surface area contributed by atoms with Crippen LogP contribution in [-0.2, 0) is 11.2 Å². The van der Waals surface area contributed by atoms with Crippen LogP contribution >= 0.6 is 0 Å². The van der Waals surface area contributed by atoms with Crippen molar-refractivity contribution in [2.24, 2.45) is 0 Å². The number of amides is 2. The van der Waals surface area contributed by atoms with Gasteiger partial charge in [-0.25, -0.2) is 9.59 Å². The fraction of sp³-hybridized carbons (Fsp3) is 0.500. The molecular weight excluding hydrogens is 258 g/mol. The molecule has 6 heteroatoms. The van der Waals surface area contributed by atoms with E-state index in [1.54, 1.807) is 12.4 Å². The second kappa shape index (κ2) is 8.90. The molecule has 0 spiro atoms. The second-order valence-corrected chi connectivity index (χ2v) is 4.54. The first-order valence-corrected chi connectivity index (χ1v) is 6.79. The van der Waals surface area contributed by atoms with Gasteiger partial charge in [-0.2, -0.15) is 0 Å². The molecule has 0 bridgehead atoms. The molecule has 0 radical (unpaired) electrons. The quantitative estimate of drug-likeness (QED) is 0.673. The Balaban J connectivity index is 2.29. The highest BCUT2D eigenvalue weighted by molar-refractivity contribution is 5.82. The summed E-state index contributed by atoms with van der Waals surface area (Å²) in [5.74, 6) is -0.999. The number of carboxylic acids is 1. The molecule has 0 aromatic carbocycles. The number of aromatic nitrogens is 1. The predicted molar refractivity (Wildman–Crippen MR) is 75.4 cm³/mol. The van der Waals surface area contributed by atoms with E-state index in [4.69, 9.17) is 5.11 Å². The van der Waals surface area contributed by atoms with Crippen LogP contribution < -0.4 is 10.6 Å². The summed E-state index contributed by atoms with van der Waals surface area (Å²) in [6.45, 7) is 2.42. The van der Waals surface area contributed by atoms with Crippen LogP contribution in [0.4, 0.5) is 4.79 Å². The molecule has 1 aromatic rings. The largest absolute Gasteiger partial charge is 0.480 e. The number of carbonyl (C=O) groups excluding carboxylic acids is 1. The Labute approximate surface area is 118 Å². The van der Waals surface area contributed by atoms with Crippen molar-refractivity contribution in [1.82, 2.24) is 15.6 Å². The molecule has 1 heterocycles. The van der Waals surface area contributed by atoms with Crippen molar-refractivity contribution in [2.45, 2.75) is 38.6 Å².